The lowest BCUT2D eigenvalue weighted by atomic mass is 10.1. The Kier molecular flexibility index (Phi) is 4.14. The van der Waals surface area contributed by atoms with Crippen LogP contribution in [0.3, 0.4) is 0 Å². The second-order valence-electron chi connectivity index (χ2n) is 4.37. The maximum atomic E-state index is 11.7. The zero-order valence-electron chi connectivity index (χ0n) is 11.3. The van der Waals surface area contributed by atoms with Gasteiger partial charge in [-0.3, -0.25) is 4.79 Å². The van der Waals surface area contributed by atoms with Gasteiger partial charge in [-0.2, -0.15) is 0 Å². The van der Waals surface area contributed by atoms with Gasteiger partial charge < -0.3 is 15.2 Å². The van der Waals surface area contributed by atoms with Crippen molar-refractivity contribution < 1.29 is 14.1 Å². The summed E-state index contributed by atoms with van der Waals surface area (Å²) in [5.41, 5.74) is 1.76. The van der Waals surface area contributed by atoms with E-state index in [1.807, 2.05) is 0 Å². The highest BCUT2D eigenvalue weighted by Gasteiger charge is 2.06. The number of amides is 2. The van der Waals surface area contributed by atoms with E-state index in [4.69, 9.17) is 4.52 Å². The SMILES string of the molecule is CC(=O)c1cccc(NC(=O)NCc2cc(C)on2)c1. The molecule has 6 nitrogen and oxygen atoms in total. The van der Waals surface area contributed by atoms with Crippen LogP contribution in [-0.2, 0) is 6.54 Å². The Morgan fingerprint density at radius 2 is 2.10 bits per heavy atom. The average Bonchev–Trinajstić information content (AvgIpc) is 2.82. The number of rotatable bonds is 4. The van der Waals surface area contributed by atoms with Gasteiger partial charge in [0.05, 0.1) is 6.54 Å². The summed E-state index contributed by atoms with van der Waals surface area (Å²) in [6.45, 7) is 3.53. The van der Waals surface area contributed by atoms with Gasteiger partial charge in [0.25, 0.3) is 0 Å². The number of hydrogen-bond acceptors (Lipinski definition) is 4. The van der Waals surface area contributed by atoms with E-state index in [1.54, 1.807) is 37.3 Å². The Hall–Kier alpha value is -2.63. The summed E-state index contributed by atoms with van der Waals surface area (Å²) in [6.07, 6.45) is 0. The summed E-state index contributed by atoms with van der Waals surface area (Å²) in [5, 5.41) is 9.08. The van der Waals surface area contributed by atoms with Crippen LogP contribution in [0.25, 0.3) is 0 Å². The first-order chi connectivity index (χ1) is 9.54. The molecule has 20 heavy (non-hydrogen) atoms. The Labute approximate surface area is 116 Å². The van der Waals surface area contributed by atoms with Crippen molar-refractivity contribution in [2.45, 2.75) is 20.4 Å². The Bertz CT molecular complexity index is 634. The molecule has 0 aliphatic rings. The zero-order valence-corrected chi connectivity index (χ0v) is 11.3. The summed E-state index contributed by atoms with van der Waals surface area (Å²) in [5.74, 6) is 0.642. The first-order valence-corrected chi connectivity index (χ1v) is 6.12. The summed E-state index contributed by atoms with van der Waals surface area (Å²) in [6, 6.07) is 8.13. The van der Waals surface area contributed by atoms with E-state index in [-0.39, 0.29) is 18.4 Å². The van der Waals surface area contributed by atoms with E-state index >= 15 is 0 Å². The average molecular weight is 273 g/mol. The number of aryl methyl sites for hydroxylation is 1. The molecule has 0 aliphatic heterocycles. The molecule has 0 saturated heterocycles. The fourth-order valence-corrected chi connectivity index (χ4v) is 1.66. The van der Waals surface area contributed by atoms with Crippen LogP contribution in [0.1, 0.15) is 28.7 Å². The smallest absolute Gasteiger partial charge is 0.319 e. The maximum Gasteiger partial charge on any atom is 0.319 e. The number of benzene rings is 1. The molecule has 2 N–H and O–H groups in total. The highest BCUT2D eigenvalue weighted by atomic mass is 16.5. The largest absolute Gasteiger partial charge is 0.361 e. The molecular weight excluding hydrogens is 258 g/mol. The molecule has 2 amide bonds. The van der Waals surface area contributed by atoms with Gasteiger partial charge in [0.15, 0.2) is 5.78 Å². The van der Waals surface area contributed by atoms with Gasteiger partial charge in [-0.25, -0.2) is 4.79 Å². The van der Waals surface area contributed by atoms with Crippen LogP contribution in [0.15, 0.2) is 34.9 Å². The zero-order chi connectivity index (χ0) is 14.5. The fourth-order valence-electron chi connectivity index (χ4n) is 1.66. The van der Waals surface area contributed by atoms with Crippen molar-refractivity contribution in [2.24, 2.45) is 0 Å². The fraction of sp³-hybridized carbons (Fsp3) is 0.214. The van der Waals surface area contributed by atoms with Crippen LogP contribution in [0, 0.1) is 6.92 Å². The number of Topliss-reactive ketones (excluding diaryl/α,β-unsaturated/α-hetero) is 1. The molecule has 0 aliphatic carbocycles. The predicted molar refractivity (Wildman–Crippen MR) is 73.5 cm³/mol. The van der Waals surface area contributed by atoms with Gasteiger partial charge in [0.2, 0.25) is 0 Å². The number of anilines is 1. The van der Waals surface area contributed by atoms with Gasteiger partial charge >= 0.3 is 6.03 Å². The molecule has 0 atom stereocenters. The molecule has 6 heteroatoms. The van der Waals surface area contributed by atoms with Crippen LogP contribution in [0.5, 0.6) is 0 Å². The summed E-state index contributed by atoms with van der Waals surface area (Å²) >= 11 is 0. The number of carbonyl (C=O) groups excluding carboxylic acids is 2. The second kappa shape index (κ2) is 6.01. The highest BCUT2D eigenvalue weighted by molar-refractivity contribution is 5.96. The molecule has 1 aromatic carbocycles. The topological polar surface area (TPSA) is 84.2 Å². The van der Waals surface area contributed by atoms with E-state index < -0.39 is 0 Å². The van der Waals surface area contributed by atoms with Gasteiger partial charge in [-0.1, -0.05) is 17.3 Å². The van der Waals surface area contributed by atoms with Crippen LogP contribution >= 0.6 is 0 Å². The second-order valence-corrected chi connectivity index (χ2v) is 4.37. The molecule has 1 heterocycles. The molecule has 0 spiro atoms. The van der Waals surface area contributed by atoms with Crippen molar-refractivity contribution in [3.63, 3.8) is 0 Å². The summed E-state index contributed by atoms with van der Waals surface area (Å²) < 4.78 is 4.90. The van der Waals surface area contributed by atoms with Crippen LogP contribution in [0.4, 0.5) is 10.5 Å². The number of aromatic nitrogens is 1. The van der Waals surface area contributed by atoms with Crippen molar-refractivity contribution >= 4 is 17.5 Å². The van der Waals surface area contributed by atoms with Crippen molar-refractivity contribution in [3.8, 4) is 0 Å². The number of nitrogens with zero attached hydrogens (tertiary/aromatic N) is 1. The Morgan fingerprint density at radius 3 is 2.75 bits per heavy atom. The minimum absolute atomic E-state index is 0.0490. The molecule has 0 fully saturated rings. The minimum atomic E-state index is -0.369. The minimum Gasteiger partial charge on any atom is -0.361 e. The molecular formula is C14H15N3O3. The van der Waals surface area contributed by atoms with E-state index in [0.29, 0.717) is 22.7 Å². The van der Waals surface area contributed by atoms with E-state index in [0.717, 1.165) is 0 Å². The summed E-state index contributed by atoms with van der Waals surface area (Å²) in [7, 11) is 0. The standard InChI is InChI=1S/C14H15N3O3/c1-9-6-13(17-20-9)8-15-14(19)16-12-5-3-4-11(7-12)10(2)18/h3-7H,8H2,1-2H3,(H2,15,16,19). The molecule has 0 unspecified atom stereocenters. The molecule has 0 bridgehead atoms. The molecule has 0 radical (unpaired) electrons. The number of urea groups is 1. The lowest BCUT2D eigenvalue weighted by molar-refractivity contribution is 0.101. The van der Waals surface area contributed by atoms with E-state index in [2.05, 4.69) is 15.8 Å². The van der Waals surface area contributed by atoms with Crippen molar-refractivity contribution in [2.75, 3.05) is 5.32 Å². The Morgan fingerprint density at radius 1 is 1.30 bits per heavy atom. The third-order valence-electron chi connectivity index (χ3n) is 2.63. The first kappa shape index (κ1) is 13.8. The lowest BCUT2D eigenvalue weighted by Gasteiger charge is -2.07. The summed E-state index contributed by atoms with van der Waals surface area (Å²) in [4.78, 5) is 23.0. The normalized spacial score (nSPS) is 10.1. The van der Waals surface area contributed by atoms with Crippen molar-refractivity contribution in [3.05, 3.63) is 47.3 Å². The van der Waals surface area contributed by atoms with Gasteiger partial charge in [0.1, 0.15) is 11.5 Å². The van der Waals surface area contributed by atoms with Gasteiger partial charge in [-0.15, -0.1) is 0 Å². The Balaban J connectivity index is 1.91. The van der Waals surface area contributed by atoms with Crippen molar-refractivity contribution in [1.82, 2.24) is 10.5 Å². The van der Waals surface area contributed by atoms with Gasteiger partial charge in [-0.05, 0) is 26.0 Å². The maximum absolute atomic E-state index is 11.7. The molecule has 2 aromatic rings. The number of carbonyl (C=O) groups is 2. The van der Waals surface area contributed by atoms with Crippen LogP contribution in [-0.4, -0.2) is 17.0 Å². The lowest BCUT2D eigenvalue weighted by Crippen LogP contribution is -2.28. The van der Waals surface area contributed by atoms with Crippen molar-refractivity contribution in [1.29, 1.82) is 0 Å². The van der Waals surface area contributed by atoms with Gasteiger partial charge in [0, 0.05) is 17.3 Å². The van der Waals surface area contributed by atoms with Crippen LogP contribution < -0.4 is 10.6 Å². The quantitative estimate of drug-likeness (QED) is 0.838. The third kappa shape index (κ3) is 3.68. The molecule has 1 aromatic heterocycles. The molecule has 2 rings (SSSR count). The molecule has 104 valence electrons. The third-order valence-corrected chi connectivity index (χ3v) is 2.63. The highest BCUT2D eigenvalue weighted by Crippen LogP contribution is 2.11. The number of hydrogen-bond donors (Lipinski definition) is 2. The first-order valence-electron chi connectivity index (χ1n) is 6.12. The van der Waals surface area contributed by atoms with E-state index in [1.165, 1.54) is 6.92 Å². The number of ketones is 1. The van der Waals surface area contributed by atoms with Crippen LogP contribution in [0.2, 0.25) is 0 Å². The van der Waals surface area contributed by atoms with E-state index in [9.17, 15) is 9.59 Å². The molecule has 0 saturated carbocycles. The monoisotopic (exact) mass is 273 g/mol. The predicted octanol–water partition coefficient (Wildman–Crippen LogP) is 2.51. The number of nitrogens with one attached hydrogen (secondary N) is 2.